The van der Waals surface area contributed by atoms with Gasteiger partial charge in [-0.1, -0.05) is 18.2 Å². The van der Waals surface area contributed by atoms with Crippen molar-refractivity contribution >= 4 is 17.6 Å². The molecule has 0 aromatic heterocycles. The van der Waals surface area contributed by atoms with Gasteiger partial charge in [0.25, 0.3) is 0 Å². The highest BCUT2D eigenvalue weighted by molar-refractivity contribution is 6.08. The third-order valence-corrected chi connectivity index (χ3v) is 2.45. The van der Waals surface area contributed by atoms with E-state index in [-0.39, 0.29) is 0 Å². The van der Waals surface area contributed by atoms with Gasteiger partial charge < -0.3 is 11.5 Å². The molecule has 1 saturated heterocycles. The Kier molecular flexibility index (Phi) is 2.59. The van der Waals surface area contributed by atoms with E-state index in [0.717, 1.165) is 0 Å². The molecule has 2 unspecified atom stereocenters. The Morgan fingerprint density at radius 3 is 2.38 bits per heavy atom. The second-order valence-electron chi connectivity index (χ2n) is 3.52. The van der Waals surface area contributed by atoms with Crippen LogP contribution in [0.4, 0.5) is 10.5 Å². The minimum absolute atomic E-state index is 0.551. The Morgan fingerprint density at radius 1 is 1.12 bits per heavy atom. The number of benzene rings is 1. The zero-order valence-electron chi connectivity index (χ0n) is 8.46. The molecule has 1 aromatic rings. The first-order valence-electron chi connectivity index (χ1n) is 4.81. The number of urea groups is 1. The molecule has 1 heterocycles. The Morgan fingerprint density at radius 2 is 1.75 bits per heavy atom. The van der Waals surface area contributed by atoms with Gasteiger partial charge in [0.15, 0.2) is 0 Å². The number of hydrogen-bond donors (Lipinski definition) is 3. The summed E-state index contributed by atoms with van der Waals surface area (Å²) in [5, 5.41) is 2.15. The van der Waals surface area contributed by atoms with Crippen molar-refractivity contribution in [3.05, 3.63) is 30.3 Å². The van der Waals surface area contributed by atoms with Crippen LogP contribution in [0.1, 0.15) is 0 Å². The summed E-state index contributed by atoms with van der Waals surface area (Å²) >= 11 is 0. The van der Waals surface area contributed by atoms with Crippen LogP contribution in [0.3, 0.4) is 0 Å². The Labute approximate surface area is 92.2 Å². The number of amides is 3. The SMILES string of the molecule is NC1C(=O)NC(=O)N(c2ccccc2)C1N. The second kappa shape index (κ2) is 3.92. The maximum absolute atomic E-state index is 11.6. The van der Waals surface area contributed by atoms with Crippen molar-refractivity contribution in [1.82, 2.24) is 5.32 Å². The van der Waals surface area contributed by atoms with Gasteiger partial charge in [0.05, 0.1) is 0 Å². The van der Waals surface area contributed by atoms with Gasteiger partial charge in [-0.15, -0.1) is 0 Å². The summed E-state index contributed by atoms with van der Waals surface area (Å²) in [5.74, 6) is -0.551. The molecular weight excluding hydrogens is 208 g/mol. The number of anilines is 1. The molecule has 3 amide bonds. The number of nitrogens with zero attached hydrogens (tertiary/aromatic N) is 1. The molecule has 0 saturated carbocycles. The predicted octanol–water partition coefficient (Wildman–Crippen LogP) is -0.645. The lowest BCUT2D eigenvalue weighted by Crippen LogP contribution is -2.69. The van der Waals surface area contributed by atoms with Gasteiger partial charge in [-0.05, 0) is 12.1 Å². The van der Waals surface area contributed by atoms with E-state index in [2.05, 4.69) is 5.32 Å². The van der Waals surface area contributed by atoms with Crippen molar-refractivity contribution in [2.45, 2.75) is 12.2 Å². The largest absolute Gasteiger partial charge is 0.329 e. The highest BCUT2D eigenvalue weighted by atomic mass is 16.2. The summed E-state index contributed by atoms with van der Waals surface area (Å²) in [5.41, 5.74) is 11.9. The molecule has 0 spiro atoms. The van der Waals surface area contributed by atoms with Gasteiger partial charge in [-0.3, -0.25) is 15.0 Å². The van der Waals surface area contributed by atoms with E-state index in [1.807, 2.05) is 6.07 Å². The van der Waals surface area contributed by atoms with Gasteiger partial charge >= 0.3 is 6.03 Å². The monoisotopic (exact) mass is 220 g/mol. The van der Waals surface area contributed by atoms with E-state index in [9.17, 15) is 9.59 Å². The van der Waals surface area contributed by atoms with Crippen molar-refractivity contribution < 1.29 is 9.59 Å². The molecule has 5 N–H and O–H groups in total. The van der Waals surface area contributed by atoms with Crippen LogP contribution in [-0.4, -0.2) is 24.1 Å². The van der Waals surface area contributed by atoms with Crippen LogP contribution < -0.4 is 21.7 Å². The fraction of sp³-hybridized carbons (Fsp3) is 0.200. The number of para-hydroxylation sites is 1. The van der Waals surface area contributed by atoms with Gasteiger partial charge in [-0.25, -0.2) is 4.79 Å². The smallest absolute Gasteiger partial charge is 0.317 e. The maximum atomic E-state index is 11.6. The number of rotatable bonds is 1. The Balaban J connectivity index is 2.34. The first-order valence-corrected chi connectivity index (χ1v) is 4.81. The number of carbonyl (C=O) groups is 2. The number of hydrogen-bond acceptors (Lipinski definition) is 4. The van der Waals surface area contributed by atoms with Crippen LogP contribution in [0.5, 0.6) is 0 Å². The molecule has 2 rings (SSSR count). The molecule has 1 aliphatic heterocycles. The topological polar surface area (TPSA) is 101 Å². The molecule has 2 atom stereocenters. The van der Waals surface area contributed by atoms with E-state index in [4.69, 9.17) is 11.5 Å². The molecule has 6 nitrogen and oxygen atoms in total. The molecular formula is C10H12N4O2. The van der Waals surface area contributed by atoms with Crippen LogP contribution >= 0.6 is 0 Å². The fourth-order valence-electron chi connectivity index (χ4n) is 1.58. The summed E-state index contributed by atoms with van der Waals surface area (Å²) in [4.78, 5) is 24.1. The van der Waals surface area contributed by atoms with Crippen molar-refractivity contribution in [1.29, 1.82) is 0 Å². The van der Waals surface area contributed by atoms with E-state index in [0.29, 0.717) is 5.69 Å². The minimum Gasteiger partial charge on any atom is -0.317 e. The average molecular weight is 220 g/mol. The lowest BCUT2D eigenvalue weighted by molar-refractivity contribution is -0.122. The van der Waals surface area contributed by atoms with Crippen LogP contribution in [0.25, 0.3) is 0 Å². The molecule has 0 bridgehead atoms. The number of imide groups is 1. The average Bonchev–Trinajstić information content (AvgIpc) is 2.28. The van der Waals surface area contributed by atoms with Crippen molar-refractivity contribution in [2.75, 3.05) is 4.90 Å². The molecule has 6 heteroatoms. The number of nitrogens with one attached hydrogen (secondary N) is 1. The lowest BCUT2D eigenvalue weighted by Gasteiger charge is -2.36. The summed E-state index contributed by atoms with van der Waals surface area (Å²) in [6.07, 6.45) is -0.844. The maximum Gasteiger partial charge on any atom is 0.329 e. The van der Waals surface area contributed by atoms with E-state index in [1.165, 1.54) is 4.90 Å². The first kappa shape index (κ1) is 10.6. The molecule has 0 aliphatic carbocycles. The molecule has 84 valence electrons. The molecule has 1 aromatic carbocycles. The summed E-state index contributed by atoms with van der Waals surface area (Å²) in [7, 11) is 0. The predicted molar refractivity (Wildman–Crippen MR) is 58.4 cm³/mol. The lowest BCUT2D eigenvalue weighted by atomic mass is 10.1. The van der Waals surface area contributed by atoms with Crippen molar-refractivity contribution in [2.24, 2.45) is 11.5 Å². The standard InChI is InChI=1S/C10H12N4O2/c11-7-8(12)14(10(16)13-9(7)15)6-4-2-1-3-5-6/h1-5,7-8H,11-12H2,(H,13,15,16). The van der Waals surface area contributed by atoms with Crippen molar-refractivity contribution in [3.8, 4) is 0 Å². The highest BCUT2D eigenvalue weighted by Gasteiger charge is 2.37. The Hall–Kier alpha value is -1.92. The van der Waals surface area contributed by atoms with E-state index < -0.39 is 24.1 Å². The fourth-order valence-corrected chi connectivity index (χ4v) is 1.58. The normalized spacial score (nSPS) is 25.5. The van der Waals surface area contributed by atoms with Crippen molar-refractivity contribution in [3.63, 3.8) is 0 Å². The van der Waals surface area contributed by atoms with Crippen LogP contribution in [0, 0.1) is 0 Å². The first-order chi connectivity index (χ1) is 7.61. The van der Waals surface area contributed by atoms with Crippen LogP contribution in [0.15, 0.2) is 30.3 Å². The molecule has 1 fully saturated rings. The third-order valence-electron chi connectivity index (χ3n) is 2.45. The van der Waals surface area contributed by atoms with Gasteiger partial charge in [0, 0.05) is 5.69 Å². The highest BCUT2D eigenvalue weighted by Crippen LogP contribution is 2.18. The summed E-state index contributed by atoms with van der Waals surface area (Å²) < 4.78 is 0. The quantitative estimate of drug-likeness (QED) is 0.585. The van der Waals surface area contributed by atoms with Crippen LogP contribution in [-0.2, 0) is 4.79 Å². The molecule has 1 aliphatic rings. The third kappa shape index (κ3) is 1.64. The number of nitrogens with two attached hydrogens (primary N) is 2. The van der Waals surface area contributed by atoms with Crippen LogP contribution in [0.2, 0.25) is 0 Å². The zero-order chi connectivity index (χ0) is 11.7. The second-order valence-corrected chi connectivity index (χ2v) is 3.52. The van der Waals surface area contributed by atoms with Gasteiger partial charge in [-0.2, -0.15) is 0 Å². The summed E-state index contributed by atoms with van der Waals surface area (Å²) in [6, 6.07) is 7.35. The molecule has 0 radical (unpaired) electrons. The van der Waals surface area contributed by atoms with Gasteiger partial charge in [0.2, 0.25) is 5.91 Å². The van der Waals surface area contributed by atoms with E-state index in [1.54, 1.807) is 24.3 Å². The van der Waals surface area contributed by atoms with Gasteiger partial charge in [0.1, 0.15) is 12.2 Å². The minimum atomic E-state index is -0.919. The Bertz CT molecular complexity index is 420. The van der Waals surface area contributed by atoms with E-state index >= 15 is 0 Å². The summed E-state index contributed by atoms with van der Waals surface area (Å²) in [6.45, 7) is 0. The zero-order valence-corrected chi connectivity index (χ0v) is 8.46. The molecule has 16 heavy (non-hydrogen) atoms. The number of carbonyl (C=O) groups excluding carboxylic acids is 2.